The second kappa shape index (κ2) is 5.39. The first-order valence-corrected chi connectivity index (χ1v) is 5.12. The fourth-order valence-corrected chi connectivity index (χ4v) is 1.53. The Morgan fingerprint density at radius 1 is 1.41 bits per heavy atom. The van der Waals surface area contributed by atoms with Gasteiger partial charge in [0.25, 0.3) is 0 Å². The monoisotopic (exact) mass is 236 g/mol. The lowest BCUT2D eigenvalue weighted by Crippen LogP contribution is -2.07. The molecule has 0 spiro atoms. The van der Waals surface area contributed by atoms with Gasteiger partial charge in [0.15, 0.2) is 0 Å². The van der Waals surface area contributed by atoms with E-state index < -0.39 is 5.97 Å². The molecule has 4 nitrogen and oxygen atoms in total. The van der Waals surface area contributed by atoms with E-state index in [1.165, 1.54) is 20.3 Å². The van der Waals surface area contributed by atoms with Crippen molar-refractivity contribution in [1.29, 1.82) is 0 Å². The highest BCUT2D eigenvalue weighted by atomic mass is 16.5. The minimum Gasteiger partial charge on any atom is -0.507 e. The van der Waals surface area contributed by atoms with Crippen LogP contribution in [-0.4, -0.2) is 25.3 Å². The molecular formula is C13H16O4. The van der Waals surface area contributed by atoms with Gasteiger partial charge in [0.1, 0.15) is 11.5 Å². The van der Waals surface area contributed by atoms with Crippen molar-refractivity contribution in [2.75, 3.05) is 14.2 Å². The molecule has 0 saturated carbocycles. The van der Waals surface area contributed by atoms with E-state index in [0.29, 0.717) is 23.3 Å². The normalized spacial score (nSPS) is 9.82. The van der Waals surface area contributed by atoms with Crippen molar-refractivity contribution in [2.24, 2.45) is 0 Å². The zero-order valence-corrected chi connectivity index (χ0v) is 10.2. The van der Waals surface area contributed by atoms with Crippen molar-refractivity contribution in [2.45, 2.75) is 13.3 Å². The van der Waals surface area contributed by atoms with Crippen LogP contribution in [0.15, 0.2) is 24.3 Å². The first-order chi connectivity index (χ1) is 7.99. The zero-order chi connectivity index (χ0) is 13.0. The Kier molecular flexibility index (Phi) is 4.15. The summed E-state index contributed by atoms with van der Waals surface area (Å²) in [6.45, 7) is 5.59. The third kappa shape index (κ3) is 3.00. The molecule has 0 unspecified atom stereocenters. The van der Waals surface area contributed by atoms with Gasteiger partial charge in [0, 0.05) is 11.6 Å². The maximum atomic E-state index is 11.6. The van der Waals surface area contributed by atoms with Crippen LogP contribution in [0.2, 0.25) is 0 Å². The molecular weight excluding hydrogens is 220 g/mol. The Balaban J connectivity index is 3.33. The van der Waals surface area contributed by atoms with E-state index in [1.807, 2.05) is 6.92 Å². The smallest absolute Gasteiger partial charge is 0.338 e. The highest BCUT2D eigenvalue weighted by Crippen LogP contribution is 2.30. The molecule has 0 radical (unpaired) electrons. The summed E-state index contributed by atoms with van der Waals surface area (Å²) in [5, 5.41) is 9.87. The fourth-order valence-electron chi connectivity index (χ4n) is 1.53. The molecule has 0 aliphatic carbocycles. The summed E-state index contributed by atoms with van der Waals surface area (Å²) in [5.41, 5.74) is 1.65. The van der Waals surface area contributed by atoms with Crippen LogP contribution in [0.25, 0.3) is 0 Å². The molecule has 0 aliphatic rings. The maximum absolute atomic E-state index is 11.6. The van der Waals surface area contributed by atoms with Gasteiger partial charge in [-0.1, -0.05) is 12.2 Å². The molecule has 1 N–H and O–H groups in total. The van der Waals surface area contributed by atoms with E-state index in [-0.39, 0.29) is 5.75 Å². The van der Waals surface area contributed by atoms with Gasteiger partial charge in [0.05, 0.1) is 19.8 Å². The zero-order valence-electron chi connectivity index (χ0n) is 10.2. The Morgan fingerprint density at radius 2 is 2.06 bits per heavy atom. The lowest BCUT2D eigenvalue weighted by Gasteiger charge is -2.12. The molecule has 0 aromatic heterocycles. The van der Waals surface area contributed by atoms with E-state index in [2.05, 4.69) is 11.3 Å². The summed E-state index contributed by atoms with van der Waals surface area (Å²) >= 11 is 0. The van der Waals surface area contributed by atoms with Crippen LogP contribution in [0.1, 0.15) is 22.8 Å². The third-order valence-corrected chi connectivity index (χ3v) is 2.32. The molecule has 0 fully saturated rings. The molecule has 92 valence electrons. The summed E-state index contributed by atoms with van der Waals surface area (Å²) in [4.78, 5) is 11.6. The molecule has 0 bridgehead atoms. The summed E-state index contributed by atoms with van der Waals surface area (Å²) in [6.07, 6.45) is 0.417. The molecule has 0 heterocycles. The minimum atomic E-state index is -0.504. The van der Waals surface area contributed by atoms with Gasteiger partial charge in [0.2, 0.25) is 0 Å². The molecule has 17 heavy (non-hydrogen) atoms. The Morgan fingerprint density at radius 3 is 2.53 bits per heavy atom. The number of hydrogen-bond donors (Lipinski definition) is 1. The highest BCUT2D eigenvalue weighted by molar-refractivity contribution is 5.92. The van der Waals surface area contributed by atoms with Crippen LogP contribution in [-0.2, 0) is 11.2 Å². The Hall–Kier alpha value is -1.97. The average Bonchev–Trinajstić information content (AvgIpc) is 2.29. The summed E-state index contributed by atoms with van der Waals surface area (Å²) in [5.74, 6) is -0.0865. The second-order valence-electron chi connectivity index (χ2n) is 3.80. The number of esters is 1. The molecule has 0 saturated heterocycles. The van der Waals surface area contributed by atoms with E-state index in [1.54, 1.807) is 6.07 Å². The molecule has 4 heteroatoms. The van der Waals surface area contributed by atoms with Gasteiger partial charge in [-0.15, -0.1) is 0 Å². The molecule has 1 rings (SSSR count). The number of ether oxygens (including phenoxy) is 2. The number of carbonyl (C=O) groups excluding carboxylic acids is 1. The largest absolute Gasteiger partial charge is 0.507 e. The average molecular weight is 236 g/mol. The minimum absolute atomic E-state index is 0.00718. The number of benzene rings is 1. The SMILES string of the molecule is C=C(C)Cc1c(O)cc(OC)cc1C(=O)OC. The summed E-state index contributed by atoms with van der Waals surface area (Å²) in [6, 6.07) is 3.01. The maximum Gasteiger partial charge on any atom is 0.338 e. The summed E-state index contributed by atoms with van der Waals surface area (Å²) in [7, 11) is 2.76. The van der Waals surface area contributed by atoms with Crippen LogP contribution >= 0.6 is 0 Å². The van der Waals surface area contributed by atoms with Crippen molar-refractivity contribution in [3.63, 3.8) is 0 Å². The molecule has 0 aliphatic heterocycles. The number of carbonyl (C=O) groups is 1. The first-order valence-electron chi connectivity index (χ1n) is 5.12. The molecule has 1 aromatic rings. The van der Waals surface area contributed by atoms with Gasteiger partial charge in [-0.3, -0.25) is 0 Å². The van der Waals surface area contributed by atoms with Crippen molar-refractivity contribution in [3.8, 4) is 11.5 Å². The van der Waals surface area contributed by atoms with E-state index in [0.717, 1.165) is 5.57 Å². The van der Waals surface area contributed by atoms with Crippen LogP contribution in [0.4, 0.5) is 0 Å². The lowest BCUT2D eigenvalue weighted by atomic mass is 9.99. The van der Waals surface area contributed by atoms with E-state index in [4.69, 9.17) is 4.74 Å². The van der Waals surface area contributed by atoms with Gasteiger partial charge in [-0.05, 0) is 19.4 Å². The molecule has 0 atom stereocenters. The number of hydrogen-bond acceptors (Lipinski definition) is 4. The van der Waals surface area contributed by atoms with Crippen LogP contribution in [0.3, 0.4) is 0 Å². The van der Waals surface area contributed by atoms with Crippen LogP contribution in [0.5, 0.6) is 11.5 Å². The first kappa shape index (κ1) is 13.1. The van der Waals surface area contributed by atoms with Gasteiger partial charge >= 0.3 is 5.97 Å². The van der Waals surface area contributed by atoms with Crippen molar-refractivity contribution in [3.05, 3.63) is 35.4 Å². The van der Waals surface area contributed by atoms with Crippen LogP contribution in [0, 0.1) is 0 Å². The lowest BCUT2D eigenvalue weighted by molar-refractivity contribution is 0.0598. The predicted molar refractivity (Wildman–Crippen MR) is 64.5 cm³/mol. The number of allylic oxidation sites excluding steroid dienone is 1. The summed E-state index contributed by atoms with van der Waals surface area (Å²) < 4.78 is 9.68. The quantitative estimate of drug-likeness (QED) is 0.643. The van der Waals surface area contributed by atoms with Gasteiger partial charge in [-0.2, -0.15) is 0 Å². The van der Waals surface area contributed by atoms with E-state index in [9.17, 15) is 9.90 Å². The number of phenols is 1. The number of phenolic OH excluding ortho intramolecular Hbond substituents is 1. The van der Waals surface area contributed by atoms with Crippen molar-refractivity contribution in [1.82, 2.24) is 0 Å². The van der Waals surface area contributed by atoms with E-state index >= 15 is 0 Å². The standard InChI is InChI=1S/C13H16O4/c1-8(2)5-10-11(13(15)17-4)6-9(16-3)7-12(10)14/h6-7,14H,1,5H2,2-4H3. The van der Waals surface area contributed by atoms with Crippen molar-refractivity contribution < 1.29 is 19.4 Å². The number of rotatable bonds is 4. The number of methoxy groups -OCH3 is 2. The van der Waals surface area contributed by atoms with Crippen LogP contribution < -0.4 is 4.74 Å². The topological polar surface area (TPSA) is 55.8 Å². The Labute approximate surface area is 100 Å². The molecule has 1 aromatic carbocycles. The highest BCUT2D eigenvalue weighted by Gasteiger charge is 2.17. The van der Waals surface area contributed by atoms with Crippen molar-refractivity contribution >= 4 is 5.97 Å². The fraction of sp³-hybridized carbons (Fsp3) is 0.308. The number of aromatic hydroxyl groups is 1. The van der Waals surface area contributed by atoms with Gasteiger partial charge < -0.3 is 14.6 Å². The molecule has 0 amide bonds. The predicted octanol–water partition coefficient (Wildman–Crippen LogP) is 2.31. The Bertz CT molecular complexity index is 449. The second-order valence-corrected chi connectivity index (χ2v) is 3.80. The third-order valence-electron chi connectivity index (χ3n) is 2.32. The van der Waals surface area contributed by atoms with Gasteiger partial charge in [-0.25, -0.2) is 4.79 Å².